The molecular formula is C18H24N4. The number of likely N-dealkylation sites (tertiary alicyclic amines) is 1. The van der Waals surface area contributed by atoms with Gasteiger partial charge in [0.1, 0.15) is 0 Å². The van der Waals surface area contributed by atoms with Crippen LogP contribution in [0.1, 0.15) is 36.8 Å². The summed E-state index contributed by atoms with van der Waals surface area (Å²) in [7, 11) is 0. The van der Waals surface area contributed by atoms with Crippen molar-refractivity contribution in [2.75, 3.05) is 25.0 Å². The zero-order valence-electron chi connectivity index (χ0n) is 13.2. The highest BCUT2D eigenvalue weighted by molar-refractivity contribution is 5.24. The maximum absolute atomic E-state index is 4.36. The zero-order chi connectivity index (χ0) is 15.2. The summed E-state index contributed by atoms with van der Waals surface area (Å²) in [6.45, 7) is 6.13. The Morgan fingerprint density at radius 1 is 1.18 bits per heavy atom. The number of piperidine rings is 1. The van der Waals surface area contributed by atoms with Crippen LogP contribution in [-0.2, 0) is 6.54 Å². The quantitative estimate of drug-likeness (QED) is 0.919. The van der Waals surface area contributed by atoms with E-state index in [4.69, 9.17) is 0 Å². The fraction of sp³-hybridized carbons (Fsp3) is 0.444. The summed E-state index contributed by atoms with van der Waals surface area (Å²) in [6.07, 6.45) is 6.43. The summed E-state index contributed by atoms with van der Waals surface area (Å²) in [5.41, 5.74) is 2.65. The molecule has 1 aliphatic rings. The summed E-state index contributed by atoms with van der Waals surface area (Å²) in [5, 5.41) is 3.13. The first kappa shape index (κ1) is 15.0. The number of nitrogens with zero attached hydrogens (tertiary/aromatic N) is 3. The van der Waals surface area contributed by atoms with Crippen molar-refractivity contribution in [1.29, 1.82) is 0 Å². The molecule has 0 unspecified atom stereocenters. The molecule has 1 saturated heterocycles. The summed E-state index contributed by atoms with van der Waals surface area (Å²) < 4.78 is 0. The number of hydrogen-bond donors (Lipinski definition) is 1. The second kappa shape index (κ2) is 7.36. The van der Waals surface area contributed by atoms with Gasteiger partial charge in [-0.15, -0.1) is 0 Å². The van der Waals surface area contributed by atoms with Crippen LogP contribution in [0.5, 0.6) is 0 Å². The minimum atomic E-state index is 0.650. The van der Waals surface area contributed by atoms with E-state index in [9.17, 15) is 0 Å². The molecule has 0 amide bonds. The smallest absolute Gasteiger partial charge is 0.222 e. The minimum absolute atomic E-state index is 0.650. The van der Waals surface area contributed by atoms with Gasteiger partial charge in [-0.05, 0) is 37.8 Å². The molecule has 0 aliphatic carbocycles. The Labute approximate surface area is 132 Å². The van der Waals surface area contributed by atoms with Gasteiger partial charge in [-0.1, -0.05) is 30.3 Å². The van der Waals surface area contributed by atoms with E-state index >= 15 is 0 Å². The Morgan fingerprint density at radius 2 is 1.95 bits per heavy atom. The standard InChI is InChI=1S/C18H24N4/c1-2-19-18-20-11-15(12-21-18)13-22-10-6-9-17(14-22)16-7-4-3-5-8-16/h3-5,7-8,11-12,17H,2,6,9-10,13-14H2,1H3,(H,19,20,21)/t17-/m0/s1. The summed E-state index contributed by atoms with van der Waals surface area (Å²) in [6, 6.07) is 10.9. The lowest BCUT2D eigenvalue weighted by molar-refractivity contribution is 0.200. The second-order valence-corrected chi connectivity index (χ2v) is 5.93. The lowest BCUT2D eigenvalue weighted by atomic mass is 9.90. The van der Waals surface area contributed by atoms with E-state index in [0.29, 0.717) is 11.9 Å². The average molecular weight is 296 g/mol. The van der Waals surface area contributed by atoms with Crippen molar-refractivity contribution in [2.45, 2.75) is 32.2 Å². The Morgan fingerprint density at radius 3 is 2.68 bits per heavy atom. The Hall–Kier alpha value is -1.94. The molecule has 1 N–H and O–H groups in total. The lowest BCUT2D eigenvalue weighted by Crippen LogP contribution is -2.33. The number of nitrogens with one attached hydrogen (secondary N) is 1. The van der Waals surface area contributed by atoms with Crippen LogP contribution in [0.3, 0.4) is 0 Å². The summed E-state index contributed by atoms with van der Waals surface area (Å²) in [5.74, 6) is 1.36. The molecule has 116 valence electrons. The van der Waals surface area contributed by atoms with Gasteiger partial charge in [0.15, 0.2) is 0 Å². The first-order valence-electron chi connectivity index (χ1n) is 8.17. The first-order chi connectivity index (χ1) is 10.8. The van der Waals surface area contributed by atoms with E-state index in [1.807, 2.05) is 12.4 Å². The molecule has 1 atom stereocenters. The summed E-state index contributed by atoms with van der Waals surface area (Å²) >= 11 is 0. The Bertz CT molecular complexity index is 567. The Balaban J connectivity index is 1.60. The number of anilines is 1. The van der Waals surface area contributed by atoms with Crippen molar-refractivity contribution in [2.24, 2.45) is 0 Å². The molecule has 0 radical (unpaired) electrons. The number of rotatable bonds is 5. The molecule has 2 aromatic rings. The van der Waals surface area contributed by atoms with Crippen LogP contribution in [-0.4, -0.2) is 34.5 Å². The van der Waals surface area contributed by atoms with Crippen LogP contribution >= 0.6 is 0 Å². The van der Waals surface area contributed by atoms with E-state index in [-0.39, 0.29) is 0 Å². The predicted octanol–water partition coefficient (Wildman–Crippen LogP) is 3.29. The lowest BCUT2D eigenvalue weighted by Gasteiger charge is -2.32. The fourth-order valence-corrected chi connectivity index (χ4v) is 3.14. The highest BCUT2D eigenvalue weighted by Crippen LogP contribution is 2.27. The van der Waals surface area contributed by atoms with Crippen molar-refractivity contribution in [1.82, 2.24) is 14.9 Å². The van der Waals surface area contributed by atoms with Crippen LogP contribution in [0, 0.1) is 0 Å². The average Bonchev–Trinajstić information content (AvgIpc) is 2.58. The molecule has 4 nitrogen and oxygen atoms in total. The van der Waals surface area contributed by atoms with E-state index in [0.717, 1.165) is 26.2 Å². The molecule has 1 aliphatic heterocycles. The third-order valence-electron chi connectivity index (χ3n) is 4.22. The van der Waals surface area contributed by atoms with Gasteiger partial charge in [0.05, 0.1) is 0 Å². The normalized spacial score (nSPS) is 19.0. The van der Waals surface area contributed by atoms with Crippen molar-refractivity contribution < 1.29 is 0 Å². The van der Waals surface area contributed by atoms with E-state index < -0.39 is 0 Å². The van der Waals surface area contributed by atoms with Crippen molar-refractivity contribution >= 4 is 5.95 Å². The number of aromatic nitrogens is 2. The van der Waals surface area contributed by atoms with Crippen LogP contribution in [0.15, 0.2) is 42.7 Å². The molecular weight excluding hydrogens is 272 g/mol. The SMILES string of the molecule is CCNc1ncc(CN2CCC[C@H](c3ccccc3)C2)cn1. The second-order valence-electron chi connectivity index (χ2n) is 5.93. The molecule has 0 spiro atoms. The first-order valence-corrected chi connectivity index (χ1v) is 8.17. The van der Waals surface area contributed by atoms with Gasteiger partial charge in [-0.25, -0.2) is 9.97 Å². The highest BCUT2D eigenvalue weighted by Gasteiger charge is 2.21. The van der Waals surface area contributed by atoms with Gasteiger partial charge >= 0.3 is 0 Å². The predicted molar refractivity (Wildman–Crippen MR) is 89.9 cm³/mol. The number of hydrogen-bond acceptors (Lipinski definition) is 4. The van der Waals surface area contributed by atoms with Crippen LogP contribution < -0.4 is 5.32 Å². The fourth-order valence-electron chi connectivity index (χ4n) is 3.14. The van der Waals surface area contributed by atoms with Gasteiger partial charge in [-0.3, -0.25) is 4.90 Å². The van der Waals surface area contributed by atoms with Gasteiger partial charge in [-0.2, -0.15) is 0 Å². The summed E-state index contributed by atoms with van der Waals surface area (Å²) in [4.78, 5) is 11.2. The largest absolute Gasteiger partial charge is 0.355 e. The van der Waals surface area contributed by atoms with Crippen LogP contribution in [0.25, 0.3) is 0 Å². The molecule has 3 rings (SSSR count). The molecule has 4 heteroatoms. The molecule has 1 aromatic heterocycles. The third kappa shape index (κ3) is 3.83. The van der Waals surface area contributed by atoms with Crippen molar-refractivity contribution in [3.05, 3.63) is 53.9 Å². The molecule has 2 heterocycles. The van der Waals surface area contributed by atoms with E-state index in [2.05, 4.69) is 57.4 Å². The molecule has 22 heavy (non-hydrogen) atoms. The molecule has 1 fully saturated rings. The van der Waals surface area contributed by atoms with Crippen LogP contribution in [0.4, 0.5) is 5.95 Å². The zero-order valence-corrected chi connectivity index (χ0v) is 13.2. The maximum Gasteiger partial charge on any atom is 0.222 e. The van der Waals surface area contributed by atoms with Gasteiger partial charge < -0.3 is 5.32 Å². The van der Waals surface area contributed by atoms with Crippen molar-refractivity contribution in [3.63, 3.8) is 0 Å². The van der Waals surface area contributed by atoms with Gasteiger partial charge in [0.25, 0.3) is 0 Å². The van der Waals surface area contributed by atoms with Gasteiger partial charge in [0.2, 0.25) is 5.95 Å². The molecule has 0 bridgehead atoms. The number of benzene rings is 1. The molecule has 0 saturated carbocycles. The van der Waals surface area contributed by atoms with E-state index in [1.54, 1.807) is 0 Å². The van der Waals surface area contributed by atoms with Crippen molar-refractivity contribution in [3.8, 4) is 0 Å². The Kier molecular flexibility index (Phi) is 5.01. The minimum Gasteiger partial charge on any atom is -0.355 e. The van der Waals surface area contributed by atoms with E-state index in [1.165, 1.54) is 24.0 Å². The highest BCUT2D eigenvalue weighted by atomic mass is 15.1. The maximum atomic E-state index is 4.36. The van der Waals surface area contributed by atoms with Crippen LogP contribution in [0.2, 0.25) is 0 Å². The monoisotopic (exact) mass is 296 g/mol. The third-order valence-corrected chi connectivity index (χ3v) is 4.22. The molecule has 1 aromatic carbocycles. The topological polar surface area (TPSA) is 41.1 Å². The van der Waals surface area contributed by atoms with Gasteiger partial charge in [0, 0.05) is 37.6 Å².